The van der Waals surface area contributed by atoms with E-state index in [9.17, 15) is 9.59 Å². The molecule has 1 atom stereocenters. The molecule has 142 valence electrons. The smallest absolute Gasteiger partial charge is 0.258 e. The van der Waals surface area contributed by atoms with E-state index < -0.39 is 6.10 Å². The van der Waals surface area contributed by atoms with Crippen molar-refractivity contribution in [3.8, 4) is 0 Å². The summed E-state index contributed by atoms with van der Waals surface area (Å²) in [6.45, 7) is 1.97. The minimum atomic E-state index is -0.692. The SMILES string of the molecule is CO[C@@H](C(=O)Nc1ccc(NC(=O)c2ccc(C)cc2)cc1)c1ccccc1. The predicted octanol–water partition coefficient (Wildman–Crippen LogP) is 4.57. The summed E-state index contributed by atoms with van der Waals surface area (Å²) in [6, 6.07) is 23.6. The number of hydrogen-bond donors (Lipinski definition) is 2. The molecule has 0 fully saturated rings. The van der Waals surface area contributed by atoms with Crippen molar-refractivity contribution in [2.75, 3.05) is 17.7 Å². The maximum Gasteiger partial charge on any atom is 0.258 e. The Labute approximate surface area is 164 Å². The number of carbonyl (C=O) groups excluding carboxylic acids is 2. The van der Waals surface area contributed by atoms with Gasteiger partial charge in [0.05, 0.1) is 0 Å². The number of ether oxygens (including phenoxy) is 1. The summed E-state index contributed by atoms with van der Waals surface area (Å²) in [5.74, 6) is -0.439. The van der Waals surface area contributed by atoms with Crippen LogP contribution in [0.2, 0.25) is 0 Å². The van der Waals surface area contributed by atoms with E-state index in [4.69, 9.17) is 4.74 Å². The summed E-state index contributed by atoms with van der Waals surface area (Å²) < 4.78 is 5.34. The van der Waals surface area contributed by atoms with E-state index in [1.807, 2.05) is 49.4 Å². The summed E-state index contributed by atoms with van der Waals surface area (Å²) in [5.41, 5.74) is 3.74. The van der Waals surface area contributed by atoms with E-state index >= 15 is 0 Å². The molecule has 0 bridgehead atoms. The molecule has 3 aromatic carbocycles. The number of nitrogens with one attached hydrogen (secondary N) is 2. The Hall–Kier alpha value is -3.44. The van der Waals surface area contributed by atoms with Crippen LogP contribution in [-0.2, 0) is 9.53 Å². The maximum atomic E-state index is 12.5. The van der Waals surface area contributed by atoms with Crippen LogP contribution >= 0.6 is 0 Å². The van der Waals surface area contributed by atoms with Gasteiger partial charge in [-0.25, -0.2) is 0 Å². The number of aryl methyl sites for hydroxylation is 1. The molecule has 0 saturated heterocycles. The number of amides is 2. The summed E-state index contributed by atoms with van der Waals surface area (Å²) in [5, 5.41) is 5.67. The molecule has 2 N–H and O–H groups in total. The van der Waals surface area contributed by atoms with Gasteiger partial charge in [0.2, 0.25) is 0 Å². The highest BCUT2D eigenvalue weighted by Crippen LogP contribution is 2.20. The first-order chi connectivity index (χ1) is 13.6. The molecule has 0 saturated carbocycles. The number of carbonyl (C=O) groups is 2. The molecule has 0 spiro atoms. The van der Waals surface area contributed by atoms with Gasteiger partial charge in [-0.1, -0.05) is 48.0 Å². The van der Waals surface area contributed by atoms with Crippen molar-refractivity contribution in [2.24, 2.45) is 0 Å². The second kappa shape index (κ2) is 8.97. The van der Waals surface area contributed by atoms with Crippen LogP contribution < -0.4 is 10.6 Å². The van der Waals surface area contributed by atoms with Crippen LogP contribution in [-0.4, -0.2) is 18.9 Å². The van der Waals surface area contributed by atoms with Crippen LogP contribution in [0.15, 0.2) is 78.9 Å². The van der Waals surface area contributed by atoms with Gasteiger partial charge in [-0.05, 0) is 48.9 Å². The molecule has 5 nitrogen and oxygen atoms in total. The zero-order valence-corrected chi connectivity index (χ0v) is 15.8. The first kappa shape index (κ1) is 19.3. The maximum absolute atomic E-state index is 12.5. The number of anilines is 2. The van der Waals surface area contributed by atoms with Crippen LogP contribution in [0.5, 0.6) is 0 Å². The average molecular weight is 374 g/mol. The van der Waals surface area contributed by atoms with Crippen LogP contribution in [0.4, 0.5) is 11.4 Å². The standard InChI is InChI=1S/C23H22N2O3/c1-16-8-10-18(11-9-16)22(26)24-19-12-14-20(15-13-19)25-23(27)21(28-2)17-6-4-3-5-7-17/h3-15,21H,1-2H3,(H,24,26)(H,25,27)/t21-/m1/s1. The first-order valence-electron chi connectivity index (χ1n) is 8.93. The summed E-state index contributed by atoms with van der Waals surface area (Å²) in [4.78, 5) is 24.8. The Morgan fingerprint density at radius 3 is 1.93 bits per heavy atom. The molecule has 0 aliphatic carbocycles. The lowest BCUT2D eigenvalue weighted by Gasteiger charge is -2.16. The molecule has 0 unspecified atom stereocenters. The number of hydrogen-bond acceptors (Lipinski definition) is 3. The van der Waals surface area contributed by atoms with Crippen molar-refractivity contribution in [1.82, 2.24) is 0 Å². The van der Waals surface area contributed by atoms with E-state index in [-0.39, 0.29) is 11.8 Å². The summed E-state index contributed by atoms with van der Waals surface area (Å²) in [6.07, 6.45) is -0.692. The van der Waals surface area contributed by atoms with Gasteiger partial charge in [0.15, 0.2) is 6.10 Å². The molecule has 0 radical (unpaired) electrons. The zero-order chi connectivity index (χ0) is 19.9. The van der Waals surface area contributed by atoms with Gasteiger partial charge < -0.3 is 15.4 Å². The van der Waals surface area contributed by atoms with E-state index in [1.54, 1.807) is 36.4 Å². The molecule has 0 aromatic heterocycles. The molecule has 3 aromatic rings. The van der Waals surface area contributed by atoms with Crippen molar-refractivity contribution in [1.29, 1.82) is 0 Å². The normalized spacial score (nSPS) is 11.5. The third kappa shape index (κ3) is 4.84. The zero-order valence-electron chi connectivity index (χ0n) is 15.8. The fraction of sp³-hybridized carbons (Fsp3) is 0.130. The van der Waals surface area contributed by atoms with E-state index in [1.165, 1.54) is 7.11 Å². The summed E-state index contributed by atoms with van der Waals surface area (Å²) >= 11 is 0. The average Bonchev–Trinajstić information content (AvgIpc) is 2.71. The summed E-state index contributed by atoms with van der Waals surface area (Å²) in [7, 11) is 1.50. The van der Waals surface area contributed by atoms with Gasteiger partial charge in [-0.2, -0.15) is 0 Å². The van der Waals surface area contributed by atoms with Crippen LogP contribution in [0.1, 0.15) is 27.6 Å². The van der Waals surface area contributed by atoms with E-state index in [2.05, 4.69) is 10.6 Å². The molecule has 0 aliphatic rings. The Morgan fingerprint density at radius 2 is 1.36 bits per heavy atom. The number of benzene rings is 3. The Kier molecular flexibility index (Phi) is 6.19. The van der Waals surface area contributed by atoms with E-state index in [0.29, 0.717) is 16.9 Å². The molecule has 0 heterocycles. The van der Waals surface area contributed by atoms with Crippen LogP contribution in [0.25, 0.3) is 0 Å². The topological polar surface area (TPSA) is 67.4 Å². The van der Waals surface area contributed by atoms with Crippen molar-refractivity contribution in [2.45, 2.75) is 13.0 Å². The molecule has 3 rings (SSSR count). The highest BCUT2D eigenvalue weighted by molar-refractivity contribution is 6.04. The minimum Gasteiger partial charge on any atom is -0.367 e. The van der Waals surface area contributed by atoms with Gasteiger partial charge in [0.25, 0.3) is 11.8 Å². The molecular formula is C23H22N2O3. The third-order valence-corrected chi connectivity index (χ3v) is 4.30. The van der Waals surface area contributed by atoms with Crippen molar-refractivity contribution in [3.05, 3.63) is 95.6 Å². The number of methoxy groups -OCH3 is 1. The van der Waals surface area contributed by atoms with Gasteiger partial charge in [-0.15, -0.1) is 0 Å². The monoisotopic (exact) mass is 374 g/mol. The molecule has 5 heteroatoms. The quantitative estimate of drug-likeness (QED) is 0.664. The van der Waals surface area contributed by atoms with Crippen molar-refractivity contribution in [3.63, 3.8) is 0 Å². The third-order valence-electron chi connectivity index (χ3n) is 4.30. The highest BCUT2D eigenvalue weighted by Gasteiger charge is 2.19. The molecular weight excluding hydrogens is 352 g/mol. The lowest BCUT2D eigenvalue weighted by Crippen LogP contribution is -2.22. The predicted molar refractivity (Wildman–Crippen MR) is 110 cm³/mol. The van der Waals surface area contributed by atoms with Gasteiger partial charge in [0, 0.05) is 24.0 Å². The second-order valence-electron chi connectivity index (χ2n) is 6.41. The highest BCUT2D eigenvalue weighted by atomic mass is 16.5. The van der Waals surface area contributed by atoms with Crippen LogP contribution in [0.3, 0.4) is 0 Å². The molecule has 28 heavy (non-hydrogen) atoms. The van der Waals surface area contributed by atoms with Gasteiger partial charge in [0.1, 0.15) is 0 Å². The molecule has 0 aliphatic heterocycles. The Bertz CT molecular complexity index is 936. The lowest BCUT2D eigenvalue weighted by molar-refractivity contribution is -0.126. The first-order valence-corrected chi connectivity index (χ1v) is 8.93. The number of rotatable bonds is 6. The largest absolute Gasteiger partial charge is 0.367 e. The van der Waals surface area contributed by atoms with Gasteiger partial charge in [-0.3, -0.25) is 9.59 Å². The lowest BCUT2D eigenvalue weighted by atomic mass is 10.1. The molecule has 2 amide bonds. The Balaban J connectivity index is 1.63. The van der Waals surface area contributed by atoms with Crippen molar-refractivity contribution < 1.29 is 14.3 Å². The van der Waals surface area contributed by atoms with Crippen LogP contribution in [0, 0.1) is 6.92 Å². The fourth-order valence-electron chi connectivity index (χ4n) is 2.78. The minimum absolute atomic E-state index is 0.180. The van der Waals surface area contributed by atoms with Gasteiger partial charge >= 0.3 is 0 Å². The second-order valence-corrected chi connectivity index (χ2v) is 6.41. The van der Waals surface area contributed by atoms with E-state index in [0.717, 1.165) is 11.1 Å². The fourth-order valence-corrected chi connectivity index (χ4v) is 2.78. The Morgan fingerprint density at radius 1 is 0.786 bits per heavy atom. The van der Waals surface area contributed by atoms with Crippen molar-refractivity contribution >= 4 is 23.2 Å².